The maximum absolute atomic E-state index is 12.1. The number of nitrogens with zero attached hydrogens (tertiary/aromatic N) is 1. The number of carbonyl (C=O) groups excluding carboxylic acids is 1. The van der Waals surface area contributed by atoms with Gasteiger partial charge in [-0.1, -0.05) is 6.07 Å². The highest BCUT2D eigenvalue weighted by atomic mass is 16.6. The van der Waals surface area contributed by atoms with Crippen molar-refractivity contribution < 1.29 is 14.5 Å². The minimum absolute atomic E-state index is 0.101. The fourth-order valence-electron chi connectivity index (χ4n) is 2.13. The largest absolute Gasteiger partial charge is 0.478 e. The SMILES string of the molecule is Cc1ccc(OCC(=O)c2cc(C)[nH]c2C)c([N+](=O)[O-])c1. The number of ether oxygens (including phenoxy) is 1. The van der Waals surface area contributed by atoms with Gasteiger partial charge >= 0.3 is 5.69 Å². The lowest BCUT2D eigenvalue weighted by molar-refractivity contribution is -0.385. The topological polar surface area (TPSA) is 85.2 Å². The molecule has 1 N–H and O–H groups in total. The summed E-state index contributed by atoms with van der Waals surface area (Å²) in [4.78, 5) is 25.6. The molecule has 0 fully saturated rings. The van der Waals surface area contributed by atoms with Crippen molar-refractivity contribution in [1.82, 2.24) is 4.98 Å². The normalized spacial score (nSPS) is 10.4. The summed E-state index contributed by atoms with van der Waals surface area (Å²) in [5.74, 6) is -0.115. The highest BCUT2D eigenvalue weighted by Gasteiger charge is 2.18. The van der Waals surface area contributed by atoms with E-state index in [9.17, 15) is 14.9 Å². The number of hydrogen-bond donors (Lipinski definition) is 1. The number of nitro benzene ring substituents is 1. The van der Waals surface area contributed by atoms with E-state index >= 15 is 0 Å². The lowest BCUT2D eigenvalue weighted by atomic mass is 10.1. The third-order valence-electron chi connectivity index (χ3n) is 3.12. The van der Waals surface area contributed by atoms with Crippen molar-refractivity contribution >= 4 is 11.5 Å². The molecule has 1 aromatic heterocycles. The minimum atomic E-state index is -0.515. The van der Waals surface area contributed by atoms with Crippen LogP contribution in [0.15, 0.2) is 24.3 Å². The lowest BCUT2D eigenvalue weighted by Crippen LogP contribution is -2.12. The van der Waals surface area contributed by atoms with E-state index in [0.717, 1.165) is 17.0 Å². The number of aromatic amines is 1. The van der Waals surface area contributed by atoms with E-state index in [1.807, 2.05) is 6.92 Å². The van der Waals surface area contributed by atoms with Gasteiger partial charge in [0.1, 0.15) is 0 Å². The van der Waals surface area contributed by atoms with Gasteiger partial charge in [0.25, 0.3) is 0 Å². The smallest absolute Gasteiger partial charge is 0.311 e. The predicted octanol–water partition coefficient (Wildman–Crippen LogP) is 3.11. The van der Waals surface area contributed by atoms with Gasteiger partial charge in [0.15, 0.2) is 12.4 Å². The molecule has 1 aromatic carbocycles. The molecule has 110 valence electrons. The first-order valence-electron chi connectivity index (χ1n) is 6.45. The van der Waals surface area contributed by atoms with Crippen molar-refractivity contribution in [2.24, 2.45) is 0 Å². The molecule has 2 aromatic rings. The van der Waals surface area contributed by atoms with Crippen LogP contribution in [0.3, 0.4) is 0 Å². The van der Waals surface area contributed by atoms with E-state index < -0.39 is 4.92 Å². The maximum Gasteiger partial charge on any atom is 0.311 e. The molecule has 6 nitrogen and oxygen atoms in total. The van der Waals surface area contributed by atoms with E-state index in [0.29, 0.717) is 5.56 Å². The zero-order valence-corrected chi connectivity index (χ0v) is 12.1. The molecule has 0 spiro atoms. The van der Waals surface area contributed by atoms with Crippen molar-refractivity contribution in [1.29, 1.82) is 0 Å². The van der Waals surface area contributed by atoms with Gasteiger partial charge in [0, 0.05) is 23.0 Å². The Morgan fingerprint density at radius 3 is 2.57 bits per heavy atom. The number of ketones is 1. The summed E-state index contributed by atoms with van der Waals surface area (Å²) < 4.78 is 5.33. The van der Waals surface area contributed by atoms with E-state index in [2.05, 4.69) is 4.98 Å². The Kier molecular flexibility index (Phi) is 4.07. The summed E-state index contributed by atoms with van der Waals surface area (Å²) in [5.41, 5.74) is 2.82. The summed E-state index contributed by atoms with van der Waals surface area (Å²) in [6.45, 7) is 5.18. The Morgan fingerprint density at radius 1 is 1.29 bits per heavy atom. The molecule has 0 radical (unpaired) electrons. The fourth-order valence-corrected chi connectivity index (χ4v) is 2.13. The van der Waals surface area contributed by atoms with Gasteiger partial charge in [0.2, 0.25) is 5.78 Å². The molecule has 21 heavy (non-hydrogen) atoms. The number of benzene rings is 1. The molecular weight excluding hydrogens is 272 g/mol. The van der Waals surface area contributed by atoms with Crippen LogP contribution in [0.25, 0.3) is 0 Å². The number of rotatable bonds is 5. The Balaban J connectivity index is 2.15. The molecule has 0 unspecified atom stereocenters. The number of H-pyrrole nitrogens is 1. The number of aryl methyl sites for hydroxylation is 3. The standard InChI is InChI=1S/C15H16N2O4/c1-9-4-5-15(13(6-9)17(19)20)21-8-14(18)12-7-10(2)16-11(12)3/h4-7,16H,8H2,1-3H3. The van der Waals surface area contributed by atoms with Crippen LogP contribution < -0.4 is 4.74 Å². The molecule has 1 heterocycles. The highest BCUT2D eigenvalue weighted by molar-refractivity contribution is 5.98. The van der Waals surface area contributed by atoms with Crippen LogP contribution in [-0.2, 0) is 0 Å². The molecule has 0 aliphatic carbocycles. The number of nitro groups is 1. The molecule has 0 atom stereocenters. The first-order chi connectivity index (χ1) is 9.88. The highest BCUT2D eigenvalue weighted by Crippen LogP contribution is 2.27. The summed E-state index contributed by atoms with van der Waals surface area (Å²) in [6, 6.07) is 6.38. The first kappa shape index (κ1) is 14.8. The Morgan fingerprint density at radius 2 is 2.00 bits per heavy atom. The molecule has 0 aliphatic heterocycles. The third kappa shape index (κ3) is 3.28. The van der Waals surface area contributed by atoms with Crippen molar-refractivity contribution in [3.05, 3.63) is 56.9 Å². The van der Waals surface area contributed by atoms with E-state index in [-0.39, 0.29) is 23.8 Å². The third-order valence-corrected chi connectivity index (χ3v) is 3.12. The number of aromatic nitrogens is 1. The number of Topliss-reactive ketones (excluding diaryl/α,β-unsaturated/α-hetero) is 1. The van der Waals surface area contributed by atoms with Gasteiger partial charge < -0.3 is 9.72 Å². The van der Waals surface area contributed by atoms with Crippen LogP contribution in [0.2, 0.25) is 0 Å². The van der Waals surface area contributed by atoms with Crippen molar-refractivity contribution in [2.45, 2.75) is 20.8 Å². The van der Waals surface area contributed by atoms with Crippen molar-refractivity contribution in [3.63, 3.8) is 0 Å². The Labute approximate surface area is 121 Å². The summed E-state index contributed by atoms with van der Waals surface area (Å²) in [6.07, 6.45) is 0. The monoisotopic (exact) mass is 288 g/mol. The second-order valence-corrected chi connectivity index (χ2v) is 4.93. The molecule has 6 heteroatoms. The van der Waals surface area contributed by atoms with Crippen LogP contribution in [0.1, 0.15) is 27.3 Å². The van der Waals surface area contributed by atoms with E-state index in [1.165, 1.54) is 12.1 Å². The summed E-state index contributed by atoms with van der Waals surface area (Å²) in [7, 11) is 0. The molecule has 0 bridgehead atoms. The minimum Gasteiger partial charge on any atom is -0.478 e. The fraction of sp³-hybridized carbons (Fsp3) is 0.267. The summed E-state index contributed by atoms with van der Waals surface area (Å²) in [5, 5.41) is 11.0. The van der Waals surface area contributed by atoms with E-state index in [1.54, 1.807) is 26.0 Å². The molecule has 2 rings (SSSR count). The molecule has 0 amide bonds. The van der Waals surface area contributed by atoms with Crippen LogP contribution in [0, 0.1) is 30.9 Å². The zero-order valence-electron chi connectivity index (χ0n) is 12.1. The second-order valence-electron chi connectivity index (χ2n) is 4.93. The number of carbonyl (C=O) groups is 1. The molecule has 0 saturated heterocycles. The quantitative estimate of drug-likeness (QED) is 0.520. The van der Waals surface area contributed by atoms with E-state index in [4.69, 9.17) is 4.74 Å². The zero-order chi connectivity index (χ0) is 15.6. The van der Waals surface area contributed by atoms with Crippen LogP contribution >= 0.6 is 0 Å². The van der Waals surface area contributed by atoms with Crippen LogP contribution in [0.4, 0.5) is 5.69 Å². The van der Waals surface area contributed by atoms with Crippen molar-refractivity contribution in [3.8, 4) is 5.75 Å². The first-order valence-corrected chi connectivity index (χ1v) is 6.45. The lowest BCUT2D eigenvalue weighted by Gasteiger charge is -2.06. The van der Waals surface area contributed by atoms with Crippen LogP contribution in [0.5, 0.6) is 5.75 Å². The molecule has 0 aliphatic rings. The second kappa shape index (κ2) is 5.78. The summed E-state index contributed by atoms with van der Waals surface area (Å²) >= 11 is 0. The molecule has 0 saturated carbocycles. The average Bonchev–Trinajstić information content (AvgIpc) is 2.75. The Bertz CT molecular complexity index is 704. The molecular formula is C15H16N2O4. The van der Waals surface area contributed by atoms with Gasteiger partial charge in [-0.2, -0.15) is 0 Å². The van der Waals surface area contributed by atoms with Crippen molar-refractivity contribution in [2.75, 3.05) is 6.61 Å². The van der Waals surface area contributed by atoms with Gasteiger partial charge in [-0.05, 0) is 38.5 Å². The average molecular weight is 288 g/mol. The van der Waals surface area contributed by atoms with Gasteiger partial charge in [0.05, 0.1) is 4.92 Å². The van der Waals surface area contributed by atoms with Crippen LogP contribution in [-0.4, -0.2) is 22.3 Å². The predicted molar refractivity (Wildman–Crippen MR) is 77.9 cm³/mol. The van der Waals surface area contributed by atoms with Gasteiger partial charge in [-0.25, -0.2) is 0 Å². The number of hydrogen-bond acceptors (Lipinski definition) is 4. The number of nitrogens with one attached hydrogen (secondary N) is 1. The van der Waals surface area contributed by atoms with Gasteiger partial charge in [-0.3, -0.25) is 14.9 Å². The Hall–Kier alpha value is -2.63. The maximum atomic E-state index is 12.1. The van der Waals surface area contributed by atoms with Gasteiger partial charge in [-0.15, -0.1) is 0 Å².